The molecular weight excluding hydrogens is 497 g/mol. The Morgan fingerprint density at radius 1 is 1.00 bits per heavy atom. The Hall–Kier alpha value is -4.21. The summed E-state index contributed by atoms with van der Waals surface area (Å²) in [6.45, 7) is 0.107. The third-order valence-corrected chi connectivity index (χ3v) is 5.62. The van der Waals surface area contributed by atoms with Crippen molar-refractivity contribution in [3.63, 3.8) is 0 Å². The Bertz CT molecular complexity index is 1410. The minimum Gasteiger partial charge on any atom is -0.488 e. The molecule has 3 aromatic carbocycles. The number of amides is 4. The van der Waals surface area contributed by atoms with Crippen LogP contribution in [0.1, 0.15) is 11.1 Å². The van der Waals surface area contributed by atoms with E-state index in [9.17, 15) is 24.5 Å². The van der Waals surface area contributed by atoms with Crippen molar-refractivity contribution in [3.05, 3.63) is 104 Å². The van der Waals surface area contributed by atoms with E-state index < -0.39 is 22.8 Å². The summed E-state index contributed by atoms with van der Waals surface area (Å²) >= 11 is 12.3. The van der Waals surface area contributed by atoms with E-state index in [2.05, 4.69) is 5.32 Å². The summed E-state index contributed by atoms with van der Waals surface area (Å²) in [5, 5.41) is 14.0. The van der Waals surface area contributed by atoms with Crippen molar-refractivity contribution in [1.29, 1.82) is 0 Å². The van der Waals surface area contributed by atoms with Crippen LogP contribution in [0.25, 0.3) is 6.08 Å². The number of benzene rings is 3. The van der Waals surface area contributed by atoms with E-state index in [-0.39, 0.29) is 23.6 Å². The summed E-state index contributed by atoms with van der Waals surface area (Å²) in [5.41, 5.74) is 0.242. The summed E-state index contributed by atoms with van der Waals surface area (Å²) in [5.74, 6) is -1.59. The number of imide groups is 2. The number of barbiturate groups is 1. The zero-order valence-corrected chi connectivity index (χ0v) is 19.2. The predicted octanol–water partition coefficient (Wildman–Crippen LogP) is 5.15. The number of hydrogen-bond acceptors (Lipinski definition) is 6. The quantitative estimate of drug-likeness (QED) is 0.211. The van der Waals surface area contributed by atoms with Crippen molar-refractivity contribution in [2.75, 3.05) is 4.90 Å². The van der Waals surface area contributed by atoms with Crippen molar-refractivity contribution in [1.82, 2.24) is 5.32 Å². The fourth-order valence-electron chi connectivity index (χ4n) is 3.33. The number of ether oxygens (including phenoxy) is 1. The lowest BCUT2D eigenvalue weighted by molar-refractivity contribution is -0.384. The molecular formula is C24H15Cl2N3O6. The molecule has 11 heteroatoms. The molecule has 0 spiro atoms. The van der Waals surface area contributed by atoms with Gasteiger partial charge >= 0.3 is 6.03 Å². The standard InChI is InChI=1S/C24H15Cl2N3O6/c25-16-8-9-21(35-13-14-4-1-2-7-20(14)26)15(10-16)11-19-22(30)27-24(32)28(23(19)31)17-5-3-6-18(12-17)29(33)34/h1-12H,13H2,(H,27,30,32)/b19-11+. The summed E-state index contributed by atoms with van der Waals surface area (Å²) < 4.78 is 5.86. The van der Waals surface area contributed by atoms with E-state index in [1.54, 1.807) is 36.4 Å². The van der Waals surface area contributed by atoms with E-state index >= 15 is 0 Å². The fraction of sp³-hybridized carbons (Fsp3) is 0.0417. The molecule has 0 saturated carbocycles. The number of nitrogens with one attached hydrogen (secondary N) is 1. The molecule has 176 valence electrons. The fourth-order valence-corrected chi connectivity index (χ4v) is 3.70. The molecule has 1 saturated heterocycles. The molecule has 0 atom stereocenters. The maximum atomic E-state index is 13.2. The van der Waals surface area contributed by atoms with Crippen molar-refractivity contribution in [2.24, 2.45) is 0 Å². The third-order valence-electron chi connectivity index (χ3n) is 5.01. The van der Waals surface area contributed by atoms with E-state index in [0.717, 1.165) is 11.6 Å². The van der Waals surface area contributed by atoms with Crippen molar-refractivity contribution >= 4 is 58.5 Å². The average Bonchev–Trinajstić information content (AvgIpc) is 2.82. The van der Waals surface area contributed by atoms with Gasteiger partial charge in [-0.25, -0.2) is 9.69 Å². The molecule has 4 rings (SSSR count). The van der Waals surface area contributed by atoms with Gasteiger partial charge in [0.2, 0.25) is 0 Å². The number of nitro benzene ring substituents is 1. The minimum atomic E-state index is -1.03. The molecule has 9 nitrogen and oxygen atoms in total. The van der Waals surface area contributed by atoms with Crippen LogP contribution in [0.4, 0.5) is 16.2 Å². The molecule has 1 fully saturated rings. The summed E-state index contributed by atoms with van der Waals surface area (Å²) in [4.78, 5) is 49.2. The highest BCUT2D eigenvalue weighted by atomic mass is 35.5. The molecule has 0 radical (unpaired) electrons. The second kappa shape index (κ2) is 9.96. The van der Waals surface area contributed by atoms with E-state index in [4.69, 9.17) is 27.9 Å². The second-order valence-electron chi connectivity index (χ2n) is 7.30. The van der Waals surface area contributed by atoms with Crippen LogP contribution < -0.4 is 15.0 Å². The Morgan fingerprint density at radius 3 is 2.51 bits per heavy atom. The number of nitrogens with zero attached hydrogens (tertiary/aromatic N) is 2. The predicted molar refractivity (Wildman–Crippen MR) is 129 cm³/mol. The van der Waals surface area contributed by atoms with Crippen molar-refractivity contribution in [2.45, 2.75) is 6.61 Å². The zero-order chi connectivity index (χ0) is 25.1. The normalized spacial score (nSPS) is 14.7. The molecule has 0 unspecified atom stereocenters. The molecule has 1 aliphatic rings. The summed E-state index contributed by atoms with van der Waals surface area (Å²) in [6.07, 6.45) is 1.24. The molecule has 4 amide bonds. The largest absolute Gasteiger partial charge is 0.488 e. The SMILES string of the molecule is O=C1NC(=O)N(c2cccc([N+](=O)[O-])c2)C(=O)/C1=C/c1cc(Cl)ccc1OCc1ccccc1Cl. The topological polar surface area (TPSA) is 119 Å². The average molecular weight is 512 g/mol. The molecule has 35 heavy (non-hydrogen) atoms. The summed E-state index contributed by atoms with van der Waals surface area (Å²) in [6, 6.07) is 15.6. The van der Waals surface area contributed by atoms with Gasteiger partial charge in [-0.2, -0.15) is 0 Å². The molecule has 0 bridgehead atoms. The van der Waals surface area contributed by atoms with E-state index in [1.165, 1.54) is 30.3 Å². The number of nitro groups is 1. The van der Waals surface area contributed by atoms with Crippen LogP contribution in [-0.2, 0) is 16.2 Å². The number of anilines is 1. The lowest BCUT2D eigenvalue weighted by Gasteiger charge is -2.26. The van der Waals surface area contributed by atoms with Gasteiger partial charge < -0.3 is 4.74 Å². The molecule has 0 aromatic heterocycles. The van der Waals surface area contributed by atoms with Gasteiger partial charge in [0, 0.05) is 33.3 Å². The van der Waals surface area contributed by atoms with Crippen LogP contribution in [0.5, 0.6) is 5.75 Å². The van der Waals surface area contributed by atoms with E-state index in [1.807, 2.05) is 0 Å². The smallest absolute Gasteiger partial charge is 0.335 e. The van der Waals surface area contributed by atoms with Crippen LogP contribution in [0, 0.1) is 10.1 Å². The van der Waals surface area contributed by atoms with Gasteiger partial charge in [-0.15, -0.1) is 0 Å². The number of carbonyl (C=O) groups is 3. The highest BCUT2D eigenvalue weighted by Crippen LogP contribution is 2.30. The third kappa shape index (κ3) is 5.16. The number of non-ortho nitro benzene ring substituents is 1. The highest BCUT2D eigenvalue weighted by Gasteiger charge is 2.37. The van der Waals surface area contributed by atoms with Crippen LogP contribution in [0.2, 0.25) is 10.0 Å². The Balaban J connectivity index is 1.69. The van der Waals surface area contributed by atoms with Gasteiger partial charge in [0.15, 0.2) is 0 Å². The maximum Gasteiger partial charge on any atom is 0.335 e. The maximum absolute atomic E-state index is 13.2. The number of rotatable bonds is 6. The molecule has 0 aliphatic carbocycles. The Labute approximate surface area is 208 Å². The van der Waals surface area contributed by atoms with Crippen LogP contribution >= 0.6 is 23.2 Å². The Morgan fingerprint density at radius 2 is 1.77 bits per heavy atom. The molecule has 1 heterocycles. The highest BCUT2D eigenvalue weighted by molar-refractivity contribution is 6.39. The number of urea groups is 1. The second-order valence-corrected chi connectivity index (χ2v) is 8.14. The zero-order valence-electron chi connectivity index (χ0n) is 17.7. The van der Waals surface area contributed by atoms with E-state index in [0.29, 0.717) is 26.3 Å². The first kappa shape index (κ1) is 23.9. The van der Waals surface area contributed by atoms with Gasteiger partial charge in [0.05, 0.1) is 10.6 Å². The first-order chi connectivity index (χ1) is 16.7. The lowest BCUT2D eigenvalue weighted by Crippen LogP contribution is -2.54. The molecule has 1 aliphatic heterocycles. The monoisotopic (exact) mass is 511 g/mol. The summed E-state index contributed by atoms with van der Waals surface area (Å²) in [7, 11) is 0. The van der Waals surface area contributed by atoms with Crippen molar-refractivity contribution < 1.29 is 24.0 Å². The number of carbonyl (C=O) groups excluding carboxylic acids is 3. The van der Waals surface area contributed by atoms with Crippen LogP contribution in [-0.4, -0.2) is 22.8 Å². The lowest BCUT2D eigenvalue weighted by atomic mass is 10.1. The van der Waals surface area contributed by atoms with Crippen LogP contribution in [0.3, 0.4) is 0 Å². The number of halogens is 2. The van der Waals surface area contributed by atoms with Crippen LogP contribution in [0.15, 0.2) is 72.3 Å². The Kier molecular flexibility index (Phi) is 6.81. The minimum absolute atomic E-state index is 0.0682. The first-order valence-corrected chi connectivity index (χ1v) is 10.8. The van der Waals surface area contributed by atoms with Crippen molar-refractivity contribution in [3.8, 4) is 5.75 Å². The van der Waals surface area contributed by atoms with Gasteiger partial charge in [-0.3, -0.25) is 25.0 Å². The van der Waals surface area contributed by atoms with Gasteiger partial charge in [-0.1, -0.05) is 47.5 Å². The van der Waals surface area contributed by atoms with Gasteiger partial charge in [0.1, 0.15) is 17.9 Å². The van der Waals surface area contributed by atoms with Gasteiger partial charge in [0.25, 0.3) is 17.5 Å². The van der Waals surface area contributed by atoms with Gasteiger partial charge in [-0.05, 0) is 36.4 Å². The molecule has 1 N–H and O–H groups in total. The number of hydrogen-bond donors (Lipinski definition) is 1. The first-order valence-electron chi connectivity index (χ1n) is 10.1. The molecule has 3 aromatic rings.